The minimum atomic E-state index is -0.272. The number of ketones is 1. The van der Waals surface area contributed by atoms with Crippen molar-refractivity contribution < 1.29 is 14.0 Å². The van der Waals surface area contributed by atoms with Gasteiger partial charge in [0.15, 0.2) is 5.78 Å². The zero-order chi connectivity index (χ0) is 16.7. The van der Waals surface area contributed by atoms with Crippen molar-refractivity contribution in [2.24, 2.45) is 0 Å². The lowest BCUT2D eigenvalue weighted by molar-refractivity contribution is -0.119. The van der Waals surface area contributed by atoms with Crippen molar-refractivity contribution in [1.82, 2.24) is 5.32 Å². The van der Waals surface area contributed by atoms with Crippen LogP contribution in [0.2, 0.25) is 0 Å². The molecule has 4 nitrogen and oxygen atoms in total. The third-order valence-electron chi connectivity index (χ3n) is 3.39. The minimum absolute atomic E-state index is 0.0511. The van der Waals surface area contributed by atoms with Gasteiger partial charge in [-0.15, -0.1) is 0 Å². The van der Waals surface area contributed by atoms with Crippen LogP contribution in [0.3, 0.4) is 0 Å². The van der Waals surface area contributed by atoms with E-state index in [9.17, 15) is 14.0 Å². The molecule has 2 aromatic carbocycles. The molecule has 120 valence electrons. The van der Waals surface area contributed by atoms with Gasteiger partial charge in [0, 0.05) is 17.8 Å². The molecule has 23 heavy (non-hydrogen) atoms. The van der Waals surface area contributed by atoms with Crippen molar-refractivity contribution in [1.29, 1.82) is 0 Å². The summed E-state index contributed by atoms with van der Waals surface area (Å²) in [7, 11) is 0. The molecule has 0 aliphatic heterocycles. The Bertz CT molecular complexity index is 684. The van der Waals surface area contributed by atoms with Crippen LogP contribution in [0.4, 0.5) is 10.1 Å². The quantitative estimate of drug-likeness (QED) is 0.773. The Labute approximate surface area is 134 Å². The SMILES string of the molecule is CC(=O)c1ccccc1NCC(=O)NCCc1ccc(F)cc1. The molecule has 2 aromatic rings. The number of rotatable bonds is 7. The van der Waals surface area contributed by atoms with E-state index in [4.69, 9.17) is 0 Å². The highest BCUT2D eigenvalue weighted by molar-refractivity contribution is 6.00. The van der Waals surface area contributed by atoms with Crippen molar-refractivity contribution >= 4 is 17.4 Å². The van der Waals surface area contributed by atoms with E-state index in [0.717, 1.165) is 5.56 Å². The third kappa shape index (κ3) is 5.21. The molecule has 0 heterocycles. The van der Waals surface area contributed by atoms with E-state index in [1.165, 1.54) is 19.1 Å². The first-order valence-corrected chi connectivity index (χ1v) is 7.41. The van der Waals surface area contributed by atoms with Crippen molar-refractivity contribution in [2.75, 3.05) is 18.4 Å². The number of anilines is 1. The van der Waals surface area contributed by atoms with Gasteiger partial charge < -0.3 is 10.6 Å². The smallest absolute Gasteiger partial charge is 0.239 e. The summed E-state index contributed by atoms with van der Waals surface area (Å²) in [6, 6.07) is 13.3. The second kappa shape index (κ2) is 8.08. The fourth-order valence-electron chi connectivity index (χ4n) is 2.18. The Morgan fingerprint density at radius 1 is 1.04 bits per heavy atom. The first-order chi connectivity index (χ1) is 11.1. The summed E-state index contributed by atoms with van der Waals surface area (Å²) in [5.74, 6) is -0.485. The molecule has 0 saturated carbocycles. The lowest BCUT2D eigenvalue weighted by Crippen LogP contribution is -2.31. The van der Waals surface area contributed by atoms with Crippen LogP contribution >= 0.6 is 0 Å². The summed E-state index contributed by atoms with van der Waals surface area (Å²) in [6.45, 7) is 2.05. The largest absolute Gasteiger partial charge is 0.376 e. The standard InChI is InChI=1S/C18H19FN2O2/c1-13(22)16-4-2-3-5-17(16)21-12-18(23)20-11-10-14-6-8-15(19)9-7-14/h2-9,21H,10-12H2,1H3,(H,20,23). The van der Waals surface area contributed by atoms with E-state index in [-0.39, 0.29) is 24.1 Å². The maximum Gasteiger partial charge on any atom is 0.239 e. The topological polar surface area (TPSA) is 58.2 Å². The number of carbonyl (C=O) groups is 2. The molecule has 0 spiro atoms. The fraction of sp³-hybridized carbons (Fsp3) is 0.222. The molecule has 0 unspecified atom stereocenters. The summed E-state index contributed by atoms with van der Waals surface area (Å²) in [5, 5.41) is 5.75. The number of para-hydroxylation sites is 1. The van der Waals surface area contributed by atoms with E-state index < -0.39 is 0 Å². The molecular formula is C18H19FN2O2. The second-order valence-corrected chi connectivity index (χ2v) is 5.18. The molecule has 5 heteroatoms. The van der Waals surface area contributed by atoms with E-state index in [2.05, 4.69) is 10.6 Å². The van der Waals surface area contributed by atoms with Crippen LogP contribution in [0.1, 0.15) is 22.8 Å². The lowest BCUT2D eigenvalue weighted by atomic mass is 10.1. The average Bonchev–Trinajstić information content (AvgIpc) is 2.55. The highest BCUT2D eigenvalue weighted by atomic mass is 19.1. The van der Waals surface area contributed by atoms with Crippen LogP contribution in [-0.4, -0.2) is 24.8 Å². The van der Waals surface area contributed by atoms with Crippen LogP contribution in [-0.2, 0) is 11.2 Å². The van der Waals surface area contributed by atoms with Crippen molar-refractivity contribution in [3.05, 3.63) is 65.5 Å². The van der Waals surface area contributed by atoms with Gasteiger partial charge in [-0.05, 0) is 43.2 Å². The predicted molar refractivity (Wildman–Crippen MR) is 88.0 cm³/mol. The Kier molecular flexibility index (Phi) is 5.86. The molecule has 2 N–H and O–H groups in total. The molecule has 2 rings (SSSR count). The van der Waals surface area contributed by atoms with Crippen LogP contribution in [0.15, 0.2) is 48.5 Å². The highest BCUT2D eigenvalue weighted by Gasteiger charge is 2.07. The highest BCUT2D eigenvalue weighted by Crippen LogP contribution is 2.14. The molecular weight excluding hydrogens is 295 g/mol. The summed E-state index contributed by atoms with van der Waals surface area (Å²) >= 11 is 0. The van der Waals surface area contributed by atoms with Gasteiger partial charge in [0.1, 0.15) is 5.82 Å². The number of hydrogen-bond donors (Lipinski definition) is 2. The van der Waals surface area contributed by atoms with Gasteiger partial charge in [-0.1, -0.05) is 24.3 Å². The number of hydrogen-bond acceptors (Lipinski definition) is 3. The van der Waals surface area contributed by atoms with Gasteiger partial charge in [-0.25, -0.2) is 4.39 Å². The van der Waals surface area contributed by atoms with E-state index in [0.29, 0.717) is 24.2 Å². The van der Waals surface area contributed by atoms with Crippen molar-refractivity contribution in [3.63, 3.8) is 0 Å². The van der Waals surface area contributed by atoms with Gasteiger partial charge in [-0.2, -0.15) is 0 Å². The first-order valence-electron chi connectivity index (χ1n) is 7.41. The molecule has 0 radical (unpaired) electrons. The molecule has 0 aliphatic carbocycles. The fourth-order valence-corrected chi connectivity index (χ4v) is 2.18. The van der Waals surface area contributed by atoms with Crippen LogP contribution < -0.4 is 10.6 Å². The summed E-state index contributed by atoms with van der Waals surface area (Å²) < 4.78 is 12.8. The number of nitrogens with one attached hydrogen (secondary N) is 2. The Balaban J connectivity index is 1.77. The van der Waals surface area contributed by atoms with E-state index >= 15 is 0 Å². The molecule has 0 bridgehead atoms. The monoisotopic (exact) mass is 314 g/mol. The summed E-state index contributed by atoms with van der Waals surface area (Å²) in [6.07, 6.45) is 0.635. The minimum Gasteiger partial charge on any atom is -0.376 e. The summed E-state index contributed by atoms with van der Waals surface area (Å²) in [5.41, 5.74) is 2.17. The normalized spacial score (nSPS) is 10.2. The Hall–Kier alpha value is -2.69. The molecule has 0 fully saturated rings. The van der Waals surface area contributed by atoms with Crippen LogP contribution in [0.25, 0.3) is 0 Å². The van der Waals surface area contributed by atoms with Gasteiger partial charge in [0.25, 0.3) is 0 Å². The Morgan fingerprint density at radius 3 is 2.43 bits per heavy atom. The second-order valence-electron chi connectivity index (χ2n) is 5.18. The molecule has 0 saturated heterocycles. The zero-order valence-electron chi connectivity index (χ0n) is 12.9. The average molecular weight is 314 g/mol. The van der Waals surface area contributed by atoms with Crippen LogP contribution in [0, 0.1) is 5.82 Å². The predicted octanol–water partition coefficient (Wildman–Crippen LogP) is 2.80. The molecule has 0 aliphatic rings. The zero-order valence-corrected chi connectivity index (χ0v) is 12.9. The number of amides is 1. The molecule has 0 aromatic heterocycles. The maximum absolute atomic E-state index is 12.8. The van der Waals surface area contributed by atoms with Gasteiger partial charge in [0.05, 0.1) is 6.54 Å². The van der Waals surface area contributed by atoms with Gasteiger partial charge >= 0.3 is 0 Å². The van der Waals surface area contributed by atoms with E-state index in [1.54, 1.807) is 36.4 Å². The number of benzene rings is 2. The van der Waals surface area contributed by atoms with Crippen molar-refractivity contribution in [2.45, 2.75) is 13.3 Å². The Morgan fingerprint density at radius 2 is 1.74 bits per heavy atom. The third-order valence-corrected chi connectivity index (χ3v) is 3.39. The van der Waals surface area contributed by atoms with Crippen LogP contribution in [0.5, 0.6) is 0 Å². The van der Waals surface area contributed by atoms with Gasteiger partial charge in [-0.3, -0.25) is 9.59 Å². The number of carbonyl (C=O) groups excluding carboxylic acids is 2. The summed E-state index contributed by atoms with van der Waals surface area (Å²) in [4.78, 5) is 23.3. The lowest BCUT2D eigenvalue weighted by Gasteiger charge is -2.10. The molecule has 0 atom stereocenters. The van der Waals surface area contributed by atoms with Gasteiger partial charge in [0.2, 0.25) is 5.91 Å². The van der Waals surface area contributed by atoms with Crippen molar-refractivity contribution in [3.8, 4) is 0 Å². The number of halogens is 1. The first kappa shape index (κ1) is 16.7. The molecule has 1 amide bonds. The van der Waals surface area contributed by atoms with E-state index in [1.807, 2.05) is 0 Å². The maximum atomic E-state index is 12.8. The number of Topliss-reactive ketones (excluding diaryl/α,β-unsaturated/α-hetero) is 1.